The second-order valence-corrected chi connectivity index (χ2v) is 5.83. The van der Waals surface area contributed by atoms with Gasteiger partial charge in [0, 0.05) is 12.6 Å². The van der Waals surface area contributed by atoms with Gasteiger partial charge in [-0.25, -0.2) is 0 Å². The quantitative estimate of drug-likeness (QED) is 0.798. The van der Waals surface area contributed by atoms with Gasteiger partial charge in [0.25, 0.3) is 0 Å². The van der Waals surface area contributed by atoms with Crippen molar-refractivity contribution in [2.45, 2.75) is 32.2 Å². The summed E-state index contributed by atoms with van der Waals surface area (Å²) in [4.78, 5) is 0. The molecule has 15 heavy (non-hydrogen) atoms. The molecule has 0 amide bonds. The molecule has 1 N–H and O–H groups in total. The third kappa shape index (κ3) is 3.11. The van der Waals surface area contributed by atoms with Crippen LogP contribution in [0.3, 0.4) is 0 Å². The Hall–Kier alpha value is 0.270. The number of rotatable bonds is 4. The Morgan fingerprint density at radius 1 is 1.40 bits per heavy atom. The van der Waals surface area contributed by atoms with E-state index in [9.17, 15) is 0 Å². The van der Waals surface area contributed by atoms with E-state index in [4.69, 9.17) is 4.74 Å². The molecule has 2 rings (SSSR count). The lowest BCUT2D eigenvalue weighted by Crippen LogP contribution is -2.45. The Bertz CT molecular complexity index is 176. The van der Waals surface area contributed by atoms with Crippen molar-refractivity contribution in [2.75, 3.05) is 31.3 Å². The second-order valence-electron chi connectivity index (χ2n) is 4.68. The minimum atomic E-state index is 0.713. The molecule has 0 saturated carbocycles. The van der Waals surface area contributed by atoms with Crippen molar-refractivity contribution < 1.29 is 4.74 Å². The van der Waals surface area contributed by atoms with Crippen molar-refractivity contribution in [3.63, 3.8) is 0 Å². The van der Waals surface area contributed by atoms with Gasteiger partial charge in [0.05, 0.1) is 6.61 Å². The SMILES string of the molecule is CCNC(C1CCCOC1)C1CCSC1. The number of nitrogens with one attached hydrogen (secondary N) is 1. The number of ether oxygens (including phenoxy) is 1. The normalized spacial score (nSPS) is 34.2. The molecule has 88 valence electrons. The van der Waals surface area contributed by atoms with E-state index in [1.54, 1.807) is 0 Å². The molecule has 0 bridgehead atoms. The highest BCUT2D eigenvalue weighted by Gasteiger charge is 2.32. The summed E-state index contributed by atoms with van der Waals surface area (Å²) >= 11 is 2.12. The summed E-state index contributed by atoms with van der Waals surface area (Å²) in [7, 11) is 0. The number of hydrogen-bond donors (Lipinski definition) is 1. The molecule has 2 saturated heterocycles. The molecule has 0 aromatic carbocycles. The Kier molecular flexibility index (Phi) is 4.79. The topological polar surface area (TPSA) is 21.3 Å². The molecule has 0 aromatic heterocycles. The molecule has 0 aromatic rings. The summed E-state index contributed by atoms with van der Waals surface area (Å²) in [6.45, 7) is 5.29. The summed E-state index contributed by atoms with van der Waals surface area (Å²) in [5.41, 5.74) is 0. The Balaban J connectivity index is 1.90. The fourth-order valence-electron chi connectivity index (χ4n) is 2.84. The minimum Gasteiger partial charge on any atom is -0.381 e. The van der Waals surface area contributed by atoms with Crippen LogP contribution >= 0.6 is 11.8 Å². The highest BCUT2D eigenvalue weighted by atomic mass is 32.2. The third-order valence-corrected chi connectivity index (χ3v) is 4.80. The van der Waals surface area contributed by atoms with Gasteiger partial charge in [0.1, 0.15) is 0 Å². The fourth-order valence-corrected chi connectivity index (χ4v) is 4.15. The first-order valence-corrected chi connectivity index (χ1v) is 7.46. The molecule has 3 heteroatoms. The van der Waals surface area contributed by atoms with Crippen molar-refractivity contribution >= 4 is 11.8 Å². The van der Waals surface area contributed by atoms with Crippen LogP contribution in [0.4, 0.5) is 0 Å². The fraction of sp³-hybridized carbons (Fsp3) is 1.00. The first-order valence-electron chi connectivity index (χ1n) is 6.30. The minimum absolute atomic E-state index is 0.713. The van der Waals surface area contributed by atoms with E-state index in [1.165, 1.54) is 30.8 Å². The van der Waals surface area contributed by atoms with Gasteiger partial charge >= 0.3 is 0 Å². The van der Waals surface area contributed by atoms with Gasteiger partial charge in [-0.2, -0.15) is 11.8 Å². The van der Waals surface area contributed by atoms with Crippen LogP contribution in [0.1, 0.15) is 26.2 Å². The first kappa shape index (κ1) is 11.7. The lowest BCUT2D eigenvalue weighted by Gasteiger charge is -2.34. The van der Waals surface area contributed by atoms with Gasteiger partial charge in [-0.05, 0) is 49.1 Å². The van der Waals surface area contributed by atoms with Crippen molar-refractivity contribution in [1.82, 2.24) is 5.32 Å². The van der Waals surface area contributed by atoms with E-state index in [0.29, 0.717) is 6.04 Å². The molecular formula is C12H23NOS. The summed E-state index contributed by atoms with van der Waals surface area (Å²) in [6, 6.07) is 0.713. The maximum Gasteiger partial charge on any atom is 0.0509 e. The van der Waals surface area contributed by atoms with Crippen molar-refractivity contribution in [1.29, 1.82) is 0 Å². The van der Waals surface area contributed by atoms with Crippen LogP contribution in [0.15, 0.2) is 0 Å². The monoisotopic (exact) mass is 229 g/mol. The summed E-state index contributed by atoms with van der Waals surface area (Å²) in [6.07, 6.45) is 4.02. The molecular weight excluding hydrogens is 206 g/mol. The first-order chi connectivity index (χ1) is 7.42. The van der Waals surface area contributed by atoms with Crippen molar-refractivity contribution in [2.24, 2.45) is 11.8 Å². The molecule has 2 aliphatic rings. The van der Waals surface area contributed by atoms with Gasteiger partial charge in [-0.3, -0.25) is 0 Å². The van der Waals surface area contributed by atoms with E-state index in [0.717, 1.165) is 31.6 Å². The zero-order valence-corrected chi connectivity index (χ0v) is 10.5. The molecule has 2 fully saturated rings. The smallest absolute Gasteiger partial charge is 0.0509 e. The van der Waals surface area contributed by atoms with Gasteiger partial charge in [-0.1, -0.05) is 6.92 Å². The van der Waals surface area contributed by atoms with Crippen LogP contribution < -0.4 is 5.32 Å². The van der Waals surface area contributed by atoms with Crippen LogP contribution in [0.5, 0.6) is 0 Å². The summed E-state index contributed by atoms with van der Waals surface area (Å²) in [5, 5.41) is 3.70. The largest absolute Gasteiger partial charge is 0.381 e. The molecule has 3 atom stereocenters. The highest BCUT2D eigenvalue weighted by molar-refractivity contribution is 7.99. The van der Waals surface area contributed by atoms with E-state index in [-0.39, 0.29) is 0 Å². The van der Waals surface area contributed by atoms with Crippen LogP contribution in [-0.2, 0) is 4.74 Å². The third-order valence-electron chi connectivity index (χ3n) is 3.62. The van der Waals surface area contributed by atoms with E-state index >= 15 is 0 Å². The van der Waals surface area contributed by atoms with Crippen LogP contribution in [0.25, 0.3) is 0 Å². The van der Waals surface area contributed by atoms with Gasteiger partial charge in [-0.15, -0.1) is 0 Å². The van der Waals surface area contributed by atoms with E-state index in [1.807, 2.05) is 0 Å². The van der Waals surface area contributed by atoms with Gasteiger partial charge < -0.3 is 10.1 Å². The zero-order chi connectivity index (χ0) is 10.5. The van der Waals surface area contributed by atoms with Crippen LogP contribution in [-0.4, -0.2) is 37.3 Å². The summed E-state index contributed by atoms with van der Waals surface area (Å²) in [5.74, 6) is 4.37. The Morgan fingerprint density at radius 3 is 2.93 bits per heavy atom. The molecule has 0 radical (unpaired) electrons. The molecule has 2 nitrogen and oxygen atoms in total. The average Bonchev–Trinajstić information content (AvgIpc) is 2.80. The van der Waals surface area contributed by atoms with Crippen LogP contribution in [0, 0.1) is 11.8 Å². The molecule has 0 aliphatic carbocycles. The Labute approximate surface area is 97.5 Å². The maximum absolute atomic E-state index is 5.62. The van der Waals surface area contributed by atoms with Gasteiger partial charge in [0.15, 0.2) is 0 Å². The standard InChI is InChI=1S/C12H23NOS/c1-2-13-12(11-5-7-15-9-11)10-4-3-6-14-8-10/h10-13H,2-9H2,1H3. The molecule has 2 heterocycles. The van der Waals surface area contributed by atoms with E-state index < -0.39 is 0 Å². The molecule has 3 unspecified atom stereocenters. The molecule has 2 aliphatic heterocycles. The highest BCUT2D eigenvalue weighted by Crippen LogP contribution is 2.32. The van der Waals surface area contributed by atoms with E-state index in [2.05, 4.69) is 24.0 Å². The number of hydrogen-bond acceptors (Lipinski definition) is 3. The van der Waals surface area contributed by atoms with Crippen molar-refractivity contribution in [3.05, 3.63) is 0 Å². The lowest BCUT2D eigenvalue weighted by molar-refractivity contribution is 0.0310. The number of thioether (sulfide) groups is 1. The predicted molar refractivity (Wildman–Crippen MR) is 66.4 cm³/mol. The van der Waals surface area contributed by atoms with Crippen LogP contribution in [0.2, 0.25) is 0 Å². The second kappa shape index (κ2) is 6.12. The predicted octanol–water partition coefficient (Wildman–Crippen LogP) is 2.14. The lowest BCUT2D eigenvalue weighted by atomic mass is 9.84. The summed E-state index contributed by atoms with van der Waals surface area (Å²) < 4.78 is 5.62. The zero-order valence-electron chi connectivity index (χ0n) is 9.71. The van der Waals surface area contributed by atoms with Crippen molar-refractivity contribution in [3.8, 4) is 0 Å². The molecule has 0 spiro atoms. The Morgan fingerprint density at radius 2 is 2.33 bits per heavy atom. The average molecular weight is 229 g/mol. The maximum atomic E-state index is 5.62. The van der Waals surface area contributed by atoms with Gasteiger partial charge in [0.2, 0.25) is 0 Å².